The molecule has 1 aliphatic heterocycles. The Morgan fingerprint density at radius 3 is 2.80 bits per heavy atom. The molecule has 0 aliphatic carbocycles. The molecule has 0 radical (unpaired) electrons. The second-order valence-electron chi connectivity index (χ2n) is 5.38. The van der Waals surface area contributed by atoms with E-state index in [1.54, 1.807) is 0 Å². The molecule has 0 amide bonds. The number of benzene rings is 1. The van der Waals surface area contributed by atoms with Crippen LogP contribution in [0.1, 0.15) is 12.0 Å². The zero-order chi connectivity index (χ0) is 14.6. The van der Waals surface area contributed by atoms with Gasteiger partial charge in [-0.1, -0.05) is 29.8 Å². The van der Waals surface area contributed by atoms with Crippen molar-refractivity contribution in [3.05, 3.63) is 34.9 Å². The summed E-state index contributed by atoms with van der Waals surface area (Å²) in [6.45, 7) is 2.45. The van der Waals surface area contributed by atoms with Gasteiger partial charge in [-0.2, -0.15) is 0 Å². The number of nitrogens with zero attached hydrogens (tertiary/aromatic N) is 1. The molecule has 6 heteroatoms. The van der Waals surface area contributed by atoms with E-state index >= 15 is 0 Å². The van der Waals surface area contributed by atoms with Gasteiger partial charge in [-0.15, -0.1) is 0 Å². The van der Waals surface area contributed by atoms with Crippen LogP contribution in [-0.4, -0.2) is 51.0 Å². The monoisotopic (exact) mass is 316 g/mol. The van der Waals surface area contributed by atoms with Crippen LogP contribution in [0.15, 0.2) is 24.3 Å². The Morgan fingerprint density at radius 1 is 1.40 bits per heavy atom. The molecule has 4 nitrogen and oxygen atoms in total. The summed E-state index contributed by atoms with van der Waals surface area (Å²) in [7, 11) is -0.756. The molecular weight excluding hydrogens is 296 g/mol. The average molecular weight is 317 g/mol. The minimum atomic E-state index is -2.79. The smallest absolute Gasteiger partial charge is 0.151 e. The lowest BCUT2D eigenvalue weighted by Crippen LogP contribution is -2.36. The van der Waals surface area contributed by atoms with Crippen LogP contribution >= 0.6 is 11.6 Å². The standard InChI is InChI=1S/C14H21ClN2O2S/c1-17(10-12-4-2-3-5-14(12)15)8-7-16-13-6-9-20(18,19)11-13/h2-5,13,16H,6-11H2,1H3. The lowest BCUT2D eigenvalue weighted by atomic mass is 10.2. The fraction of sp³-hybridized carbons (Fsp3) is 0.571. The Bertz CT molecular complexity index is 548. The summed E-state index contributed by atoms with van der Waals surface area (Å²) < 4.78 is 22.7. The van der Waals surface area contributed by atoms with E-state index in [1.165, 1.54) is 0 Å². The van der Waals surface area contributed by atoms with E-state index in [1.807, 2.05) is 31.3 Å². The molecular formula is C14H21ClN2O2S. The summed E-state index contributed by atoms with van der Waals surface area (Å²) in [4.78, 5) is 2.18. The Morgan fingerprint density at radius 2 is 2.15 bits per heavy atom. The van der Waals surface area contributed by atoms with Gasteiger partial charge in [-0.25, -0.2) is 8.42 Å². The third-order valence-electron chi connectivity index (χ3n) is 3.56. The second-order valence-corrected chi connectivity index (χ2v) is 8.02. The summed E-state index contributed by atoms with van der Waals surface area (Å²) in [5, 5.41) is 4.10. The van der Waals surface area contributed by atoms with E-state index in [9.17, 15) is 8.42 Å². The first-order valence-electron chi connectivity index (χ1n) is 6.82. The van der Waals surface area contributed by atoms with Gasteiger partial charge in [0.2, 0.25) is 0 Å². The Labute approximate surface area is 126 Å². The van der Waals surface area contributed by atoms with Gasteiger partial charge in [-0.3, -0.25) is 0 Å². The van der Waals surface area contributed by atoms with Crippen LogP contribution in [0, 0.1) is 0 Å². The molecule has 1 unspecified atom stereocenters. The predicted octanol–water partition coefficient (Wildman–Crippen LogP) is 1.55. The number of sulfone groups is 1. The molecule has 1 heterocycles. The molecule has 1 aliphatic rings. The summed E-state index contributed by atoms with van der Waals surface area (Å²) in [5.74, 6) is 0.599. The highest BCUT2D eigenvalue weighted by Crippen LogP contribution is 2.16. The highest BCUT2D eigenvalue weighted by molar-refractivity contribution is 7.91. The molecule has 1 N–H and O–H groups in total. The third-order valence-corrected chi connectivity index (χ3v) is 5.69. The molecule has 20 heavy (non-hydrogen) atoms. The zero-order valence-electron chi connectivity index (χ0n) is 11.7. The average Bonchev–Trinajstić information content (AvgIpc) is 2.72. The van der Waals surface area contributed by atoms with Crippen molar-refractivity contribution in [3.8, 4) is 0 Å². The molecule has 1 aromatic carbocycles. The van der Waals surface area contributed by atoms with E-state index < -0.39 is 9.84 Å². The Kier molecular flexibility index (Phi) is 5.43. The van der Waals surface area contributed by atoms with Crippen molar-refractivity contribution in [1.29, 1.82) is 0 Å². The number of likely N-dealkylation sites (N-methyl/N-ethyl adjacent to an activating group) is 1. The first-order chi connectivity index (χ1) is 9.46. The summed E-state index contributed by atoms with van der Waals surface area (Å²) in [5.41, 5.74) is 1.11. The lowest BCUT2D eigenvalue weighted by molar-refractivity contribution is 0.319. The van der Waals surface area contributed by atoms with Crippen molar-refractivity contribution in [3.63, 3.8) is 0 Å². The maximum atomic E-state index is 11.4. The fourth-order valence-electron chi connectivity index (χ4n) is 2.41. The van der Waals surface area contributed by atoms with Crippen molar-refractivity contribution in [2.75, 3.05) is 31.6 Å². The maximum absolute atomic E-state index is 11.4. The Balaban J connectivity index is 1.71. The van der Waals surface area contributed by atoms with Crippen LogP contribution in [0.5, 0.6) is 0 Å². The molecule has 112 valence electrons. The van der Waals surface area contributed by atoms with E-state index in [0.717, 1.165) is 36.6 Å². The van der Waals surface area contributed by atoms with Gasteiger partial charge < -0.3 is 10.2 Å². The minimum absolute atomic E-state index is 0.119. The Hall–Kier alpha value is -0.620. The van der Waals surface area contributed by atoms with E-state index in [0.29, 0.717) is 5.75 Å². The van der Waals surface area contributed by atoms with Crippen molar-refractivity contribution < 1.29 is 8.42 Å². The van der Waals surface area contributed by atoms with Gasteiger partial charge in [-0.05, 0) is 25.1 Å². The van der Waals surface area contributed by atoms with Crippen LogP contribution in [0.25, 0.3) is 0 Å². The number of hydrogen-bond acceptors (Lipinski definition) is 4. The molecule has 1 fully saturated rings. The maximum Gasteiger partial charge on any atom is 0.151 e. The zero-order valence-corrected chi connectivity index (χ0v) is 13.3. The van der Waals surface area contributed by atoms with Gasteiger partial charge in [0.25, 0.3) is 0 Å². The summed E-state index contributed by atoms with van der Waals surface area (Å²) >= 11 is 6.13. The lowest BCUT2D eigenvalue weighted by Gasteiger charge is -2.19. The SMILES string of the molecule is CN(CCNC1CCS(=O)(=O)C1)Cc1ccccc1Cl. The van der Waals surface area contributed by atoms with E-state index in [-0.39, 0.29) is 11.8 Å². The van der Waals surface area contributed by atoms with E-state index in [4.69, 9.17) is 11.6 Å². The molecule has 0 saturated carbocycles. The van der Waals surface area contributed by atoms with Crippen LogP contribution in [0.3, 0.4) is 0 Å². The van der Waals surface area contributed by atoms with Crippen LogP contribution in [-0.2, 0) is 16.4 Å². The predicted molar refractivity (Wildman–Crippen MR) is 82.8 cm³/mol. The largest absolute Gasteiger partial charge is 0.312 e. The number of hydrogen-bond donors (Lipinski definition) is 1. The molecule has 2 rings (SSSR count). The first-order valence-corrected chi connectivity index (χ1v) is 9.02. The van der Waals surface area contributed by atoms with Crippen molar-refractivity contribution in [2.45, 2.75) is 19.0 Å². The molecule has 1 aromatic rings. The normalized spacial score (nSPS) is 21.4. The molecule has 0 spiro atoms. The topological polar surface area (TPSA) is 49.4 Å². The highest BCUT2D eigenvalue weighted by Gasteiger charge is 2.27. The number of rotatable bonds is 6. The molecule has 0 aromatic heterocycles. The second kappa shape index (κ2) is 6.89. The van der Waals surface area contributed by atoms with Gasteiger partial charge in [0.15, 0.2) is 9.84 Å². The molecule has 1 saturated heterocycles. The van der Waals surface area contributed by atoms with Crippen LogP contribution in [0.4, 0.5) is 0 Å². The molecule has 1 atom stereocenters. The van der Waals surface area contributed by atoms with Crippen molar-refractivity contribution in [1.82, 2.24) is 10.2 Å². The third kappa shape index (κ3) is 4.74. The molecule has 0 bridgehead atoms. The van der Waals surface area contributed by atoms with E-state index in [2.05, 4.69) is 10.2 Å². The van der Waals surface area contributed by atoms with Gasteiger partial charge >= 0.3 is 0 Å². The minimum Gasteiger partial charge on any atom is -0.312 e. The van der Waals surface area contributed by atoms with Crippen molar-refractivity contribution in [2.24, 2.45) is 0 Å². The van der Waals surface area contributed by atoms with Gasteiger partial charge in [0.05, 0.1) is 11.5 Å². The number of halogens is 1. The summed E-state index contributed by atoms with van der Waals surface area (Å²) in [6, 6.07) is 7.95. The quantitative estimate of drug-likeness (QED) is 0.865. The fourth-order valence-corrected chi connectivity index (χ4v) is 4.32. The van der Waals surface area contributed by atoms with Gasteiger partial charge in [0, 0.05) is 30.7 Å². The van der Waals surface area contributed by atoms with Crippen molar-refractivity contribution >= 4 is 21.4 Å². The summed E-state index contributed by atoms with van der Waals surface area (Å²) in [6.07, 6.45) is 0.733. The van der Waals surface area contributed by atoms with Crippen LogP contribution in [0.2, 0.25) is 5.02 Å². The van der Waals surface area contributed by atoms with Crippen LogP contribution < -0.4 is 5.32 Å². The van der Waals surface area contributed by atoms with Gasteiger partial charge in [0.1, 0.15) is 0 Å². The highest BCUT2D eigenvalue weighted by atomic mass is 35.5. The first kappa shape index (κ1) is 15.8. The number of nitrogens with one attached hydrogen (secondary N) is 1.